The van der Waals surface area contributed by atoms with Crippen LogP contribution in [-0.4, -0.2) is 14.6 Å². The fraction of sp³-hybridized carbons (Fsp3) is 0.429. The van der Waals surface area contributed by atoms with Gasteiger partial charge in [-0.05, 0) is 31.4 Å². The number of nitro benzene ring substituents is 1. The van der Waals surface area contributed by atoms with Gasteiger partial charge in [0, 0.05) is 23.2 Å². The first-order valence-corrected chi connectivity index (χ1v) is 10.3. The molecule has 164 valence electrons. The van der Waals surface area contributed by atoms with Crippen LogP contribution < -0.4 is 5.56 Å². The molecule has 0 spiro atoms. The number of nitriles is 1. The minimum absolute atomic E-state index is 0.0792. The molecule has 1 aromatic carbocycles. The molecule has 1 unspecified atom stereocenters. The van der Waals surface area contributed by atoms with Gasteiger partial charge in [-0.15, -0.1) is 10.2 Å². The van der Waals surface area contributed by atoms with Crippen LogP contribution in [0.5, 0.6) is 5.88 Å². The maximum absolute atomic E-state index is 13.1. The van der Waals surface area contributed by atoms with E-state index in [4.69, 9.17) is 11.6 Å². The summed E-state index contributed by atoms with van der Waals surface area (Å²) in [7, 11) is 0. The van der Waals surface area contributed by atoms with Gasteiger partial charge in [-0.25, -0.2) is 0 Å². The molecule has 31 heavy (non-hydrogen) atoms. The summed E-state index contributed by atoms with van der Waals surface area (Å²) in [5.41, 5.74) is -1.12. The fourth-order valence-electron chi connectivity index (χ4n) is 3.23. The Balaban J connectivity index is 2.59. The van der Waals surface area contributed by atoms with Crippen molar-refractivity contribution < 1.29 is 10.0 Å². The van der Waals surface area contributed by atoms with Crippen molar-refractivity contribution in [1.82, 2.24) is 4.57 Å². The van der Waals surface area contributed by atoms with Gasteiger partial charge in [-0.2, -0.15) is 5.26 Å². The molecular weight excluding hydrogens is 422 g/mol. The lowest BCUT2D eigenvalue weighted by molar-refractivity contribution is -0.384. The molecule has 0 aliphatic carbocycles. The predicted molar refractivity (Wildman–Crippen MR) is 117 cm³/mol. The molecule has 0 bridgehead atoms. The van der Waals surface area contributed by atoms with E-state index in [9.17, 15) is 25.3 Å². The van der Waals surface area contributed by atoms with Gasteiger partial charge < -0.3 is 5.11 Å². The van der Waals surface area contributed by atoms with Crippen molar-refractivity contribution in [3.05, 3.63) is 54.8 Å². The van der Waals surface area contributed by atoms with Gasteiger partial charge in [-0.3, -0.25) is 19.5 Å². The number of nitro groups is 1. The number of benzene rings is 1. The zero-order valence-corrected chi connectivity index (χ0v) is 18.4. The number of rotatable bonds is 9. The molecule has 10 heteroatoms. The molecule has 0 saturated heterocycles. The van der Waals surface area contributed by atoms with Crippen LogP contribution in [0.15, 0.2) is 33.2 Å². The molecule has 0 amide bonds. The van der Waals surface area contributed by atoms with Crippen molar-refractivity contribution in [2.24, 2.45) is 16.1 Å². The maximum atomic E-state index is 13.1. The summed E-state index contributed by atoms with van der Waals surface area (Å²) < 4.78 is 1.14. The second kappa shape index (κ2) is 10.7. The predicted octanol–water partition coefficient (Wildman–Crippen LogP) is 5.93. The summed E-state index contributed by atoms with van der Waals surface area (Å²) in [5, 5.41) is 39.3. The Morgan fingerprint density at radius 1 is 1.35 bits per heavy atom. The number of azo groups is 1. The number of hydrogen-bond donors (Lipinski definition) is 1. The van der Waals surface area contributed by atoms with E-state index in [2.05, 4.69) is 17.2 Å². The van der Waals surface area contributed by atoms with Crippen LogP contribution in [0.2, 0.25) is 5.02 Å². The van der Waals surface area contributed by atoms with Crippen LogP contribution >= 0.6 is 11.6 Å². The van der Waals surface area contributed by atoms with Crippen molar-refractivity contribution in [2.45, 2.75) is 53.0 Å². The molecule has 1 atom stereocenters. The second-order valence-corrected chi connectivity index (χ2v) is 7.64. The molecule has 2 rings (SSSR count). The van der Waals surface area contributed by atoms with E-state index in [1.54, 1.807) is 0 Å². The zero-order chi connectivity index (χ0) is 23.1. The minimum atomic E-state index is -0.650. The molecule has 0 radical (unpaired) electrons. The highest BCUT2D eigenvalue weighted by atomic mass is 35.5. The van der Waals surface area contributed by atoms with Gasteiger partial charge in [0.05, 0.1) is 4.92 Å². The molecular formula is C21H24ClN5O4. The highest BCUT2D eigenvalue weighted by Crippen LogP contribution is 2.33. The van der Waals surface area contributed by atoms with Crippen LogP contribution in [0.25, 0.3) is 0 Å². The Kier molecular flexibility index (Phi) is 8.28. The molecule has 1 N–H and O–H groups in total. The number of unbranched alkanes of at least 4 members (excludes halogenated alkanes) is 1. The lowest BCUT2D eigenvalue weighted by Gasteiger charge is -2.19. The van der Waals surface area contributed by atoms with Crippen molar-refractivity contribution in [2.75, 3.05) is 0 Å². The van der Waals surface area contributed by atoms with E-state index in [0.29, 0.717) is 0 Å². The van der Waals surface area contributed by atoms with Crippen LogP contribution in [0.4, 0.5) is 17.1 Å². The number of halogens is 1. The number of nitrogens with zero attached hydrogens (tertiary/aromatic N) is 5. The number of pyridine rings is 1. The lowest BCUT2D eigenvalue weighted by atomic mass is 9.99. The van der Waals surface area contributed by atoms with Gasteiger partial charge >= 0.3 is 0 Å². The van der Waals surface area contributed by atoms with E-state index in [0.717, 1.165) is 36.3 Å². The highest BCUT2D eigenvalue weighted by Gasteiger charge is 2.22. The van der Waals surface area contributed by atoms with Gasteiger partial charge in [0.1, 0.15) is 11.6 Å². The summed E-state index contributed by atoms with van der Waals surface area (Å²) in [5.74, 6) is -0.267. The largest absolute Gasteiger partial charge is 0.493 e. The van der Waals surface area contributed by atoms with Crippen LogP contribution in [0, 0.1) is 34.3 Å². The van der Waals surface area contributed by atoms with E-state index in [-0.39, 0.29) is 45.7 Å². The molecule has 0 aliphatic heterocycles. The summed E-state index contributed by atoms with van der Waals surface area (Å²) in [6.07, 6.45) is 3.67. The Hall–Kier alpha value is -3.25. The minimum Gasteiger partial charge on any atom is -0.493 e. The molecule has 1 heterocycles. The van der Waals surface area contributed by atoms with E-state index < -0.39 is 16.4 Å². The molecule has 0 fully saturated rings. The van der Waals surface area contributed by atoms with Crippen molar-refractivity contribution >= 4 is 28.7 Å². The van der Waals surface area contributed by atoms with Crippen molar-refractivity contribution in [3.63, 3.8) is 0 Å². The summed E-state index contributed by atoms with van der Waals surface area (Å²) in [6, 6.07) is 5.78. The average Bonchev–Trinajstić information content (AvgIpc) is 2.74. The summed E-state index contributed by atoms with van der Waals surface area (Å²) in [6.45, 7) is 5.79. The SMILES string of the molecule is CCCCC(CC)Cn1c(O)c(C#N)c(C)c(N=Nc2ccc(Cl)cc2[N+](=O)[O-])c1=O. The van der Waals surface area contributed by atoms with E-state index in [1.165, 1.54) is 19.1 Å². The number of hydrogen-bond acceptors (Lipinski definition) is 7. The first-order valence-electron chi connectivity index (χ1n) is 9.97. The first-order chi connectivity index (χ1) is 14.7. The molecule has 9 nitrogen and oxygen atoms in total. The van der Waals surface area contributed by atoms with Crippen molar-refractivity contribution in [3.8, 4) is 11.9 Å². The normalized spacial score (nSPS) is 12.1. The third-order valence-corrected chi connectivity index (χ3v) is 5.38. The standard InChI is InChI=1S/C21H24ClN5O4/c1-4-6-7-14(5-2)12-26-20(28)16(11-23)13(3)19(21(26)29)25-24-17-9-8-15(22)10-18(17)27(30)31/h8-10,14,28H,4-7,12H2,1-3H3. The smallest absolute Gasteiger partial charge is 0.298 e. The third-order valence-electron chi connectivity index (χ3n) is 5.14. The maximum Gasteiger partial charge on any atom is 0.298 e. The quantitative estimate of drug-likeness (QED) is 0.290. The summed E-state index contributed by atoms with van der Waals surface area (Å²) >= 11 is 5.81. The molecule has 2 aromatic rings. The Morgan fingerprint density at radius 2 is 2.06 bits per heavy atom. The second-order valence-electron chi connectivity index (χ2n) is 7.21. The fourth-order valence-corrected chi connectivity index (χ4v) is 3.40. The number of aromatic hydroxyl groups is 1. The highest BCUT2D eigenvalue weighted by molar-refractivity contribution is 6.30. The zero-order valence-electron chi connectivity index (χ0n) is 17.6. The first kappa shape index (κ1) is 24.0. The van der Waals surface area contributed by atoms with Gasteiger partial charge in [0.2, 0.25) is 5.88 Å². The van der Waals surface area contributed by atoms with Crippen LogP contribution in [-0.2, 0) is 6.54 Å². The van der Waals surface area contributed by atoms with Crippen molar-refractivity contribution in [1.29, 1.82) is 5.26 Å². The number of aromatic nitrogens is 1. The molecule has 0 aliphatic rings. The van der Waals surface area contributed by atoms with Crippen LogP contribution in [0.1, 0.15) is 50.7 Å². The average molecular weight is 446 g/mol. The Morgan fingerprint density at radius 3 is 2.65 bits per heavy atom. The van der Waals surface area contributed by atoms with E-state index in [1.807, 2.05) is 13.0 Å². The monoisotopic (exact) mass is 445 g/mol. The lowest BCUT2D eigenvalue weighted by Crippen LogP contribution is -2.25. The Labute approximate surface area is 184 Å². The van der Waals surface area contributed by atoms with Crippen LogP contribution in [0.3, 0.4) is 0 Å². The topological polar surface area (TPSA) is 134 Å². The Bertz CT molecular complexity index is 1100. The van der Waals surface area contributed by atoms with Gasteiger partial charge in [0.15, 0.2) is 11.4 Å². The van der Waals surface area contributed by atoms with Gasteiger partial charge in [-0.1, -0.05) is 44.7 Å². The van der Waals surface area contributed by atoms with E-state index >= 15 is 0 Å². The summed E-state index contributed by atoms with van der Waals surface area (Å²) in [4.78, 5) is 23.7. The third kappa shape index (κ3) is 5.47. The van der Waals surface area contributed by atoms with Gasteiger partial charge in [0.25, 0.3) is 11.2 Å². The molecule has 1 aromatic heterocycles. The molecule has 0 saturated carbocycles.